The van der Waals surface area contributed by atoms with E-state index in [1.807, 2.05) is 12.1 Å². The Morgan fingerprint density at radius 3 is 2.25 bits per heavy atom. The molecule has 0 aliphatic rings. The molecule has 3 nitrogen and oxygen atoms in total. The summed E-state index contributed by atoms with van der Waals surface area (Å²) in [6, 6.07) is 7.14. The fourth-order valence-electron chi connectivity index (χ4n) is 1.46. The van der Waals surface area contributed by atoms with Crippen molar-refractivity contribution in [3.63, 3.8) is 0 Å². The Hall–Kier alpha value is -1.19. The largest absolute Gasteiger partial charge is 0.396 e. The lowest BCUT2D eigenvalue weighted by Gasteiger charge is -2.15. The number of rotatable bonds is 5. The van der Waals surface area contributed by atoms with Gasteiger partial charge in [0, 0.05) is 12.2 Å². The maximum Gasteiger partial charge on any atom is 0.193 e. The molecule has 0 fully saturated rings. The molecule has 0 aliphatic heterocycles. The molecule has 0 bridgehead atoms. The minimum absolute atomic E-state index is 0.171. The summed E-state index contributed by atoms with van der Waals surface area (Å²) in [7, 11) is 0. The van der Waals surface area contributed by atoms with E-state index in [0.717, 1.165) is 18.4 Å². The predicted octanol–water partition coefficient (Wildman–Crippen LogP) is 1.57. The van der Waals surface area contributed by atoms with E-state index in [1.165, 1.54) is 13.8 Å². The smallest absolute Gasteiger partial charge is 0.193 e. The van der Waals surface area contributed by atoms with Crippen molar-refractivity contribution >= 4 is 5.78 Å². The Labute approximate surface area is 95.7 Å². The van der Waals surface area contributed by atoms with E-state index in [2.05, 4.69) is 0 Å². The first kappa shape index (κ1) is 12.9. The van der Waals surface area contributed by atoms with Crippen molar-refractivity contribution in [3.8, 4) is 0 Å². The number of Topliss-reactive ketones (excluding diaryl/α,β-unsaturated/α-hetero) is 1. The predicted molar refractivity (Wildman–Crippen MR) is 62.5 cm³/mol. The Kier molecular flexibility index (Phi) is 4.21. The van der Waals surface area contributed by atoms with Crippen molar-refractivity contribution in [2.45, 2.75) is 32.3 Å². The number of aryl methyl sites for hydroxylation is 1. The Morgan fingerprint density at radius 1 is 1.25 bits per heavy atom. The number of carbonyl (C=O) groups is 1. The van der Waals surface area contributed by atoms with Crippen LogP contribution in [-0.4, -0.2) is 28.2 Å². The monoisotopic (exact) mass is 222 g/mol. The van der Waals surface area contributed by atoms with Gasteiger partial charge in [-0.3, -0.25) is 4.79 Å². The van der Waals surface area contributed by atoms with E-state index in [1.54, 1.807) is 12.1 Å². The molecule has 0 aliphatic carbocycles. The van der Waals surface area contributed by atoms with Gasteiger partial charge in [-0.25, -0.2) is 0 Å². The second-order valence-corrected chi connectivity index (χ2v) is 4.41. The van der Waals surface area contributed by atoms with E-state index >= 15 is 0 Å². The maximum absolute atomic E-state index is 11.7. The molecule has 0 heterocycles. The van der Waals surface area contributed by atoms with E-state index in [0.29, 0.717) is 5.56 Å². The van der Waals surface area contributed by atoms with Crippen LogP contribution < -0.4 is 0 Å². The maximum atomic E-state index is 11.7. The summed E-state index contributed by atoms with van der Waals surface area (Å²) in [6.07, 6.45) is 1.52. The molecule has 0 saturated carbocycles. The summed E-state index contributed by atoms with van der Waals surface area (Å²) in [4.78, 5) is 11.7. The Balaban J connectivity index is 2.75. The Morgan fingerprint density at radius 2 is 1.81 bits per heavy atom. The van der Waals surface area contributed by atoms with Crippen molar-refractivity contribution in [1.29, 1.82) is 0 Å². The van der Waals surface area contributed by atoms with E-state index < -0.39 is 5.60 Å². The molecule has 0 unspecified atom stereocenters. The summed E-state index contributed by atoms with van der Waals surface area (Å²) in [5.41, 5.74) is 0.272. The second kappa shape index (κ2) is 5.23. The lowest BCUT2D eigenvalue weighted by molar-refractivity contribution is 0.0488. The SMILES string of the molecule is CC(C)(O)C(=O)c1ccc(CCCO)cc1. The van der Waals surface area contributed by atoms with Crippen LogP contribution in [0.5, 0.6) is 0 Å². The summed E-state index contributed by atoms with van der Waals surface area (Å²) >= 11 is 0. The van der Waals surface area contributed by atoms with Crippen LogP contribution in [0.2, 0.25) is 0 Å². The molecule has 0 amide bonds. The van der Waals surface area contributed by atoms with Crippen LogP contribution >= 0.6 is 0 Å². The molecule has 0 saturated heterocycles. The van der Waals surface area contributed by atoms with E-state index in [9.17, 15) is 9.90 Å². The summed E-state index contributed by atoms with van der Waals surface area (Å²) in [5.74, 6) is -0.277. The number of aliphatic hydroxyl groups is 2. The number of ketones is 1. The highest BCUT2D eigenvalue weighted by molar-refractivity contribution is 6.01. The third-order valence-electron chi connectivity index (χ3n) is 2.40. The van der Waals surface area contributed by atoms with Gasteiger partial charge in [-0.05, 0) is 32.3 Å². The molecule has 1 aromatic carbocycles. The van der Waals surface area contributed by atoms with Gasteiger partial charge in [0.2, 0.25) is 0 Å². The van der Waals surface area contributed by atoms with Gasteiger partial charge in [-0.15, -0.1) is 0 Å². The minimum Gasteiger partial charge on any atom is -0.396 e. The Bertz CT molecular complexity index is 346. The topological polar surface area (TPSA) is 57.5 Å². The van der Waals surface area contributed by atoms with Gasteiger partial charge < -0.3 is 10.2 Å². The minimum atomic E-state index is -1.33. The van der Waals surface area contributed by atoms with Crippen molar-refractivity contribution in [2.24, 2.45) is 0 Å². The lowest BCUT2D eigenvalue weighted by Crippen LogP contribution is -2.31. The van der Waals surface area contributed by atoms with Crippen LogP contribution in [0.1, 0.15) is 36.2 Å². The van der Waals surface area contributed by atoms with Gasteiger partial charge in [0.15, 0.2) is 5.78 Å². The normalized spacial score (nSPS) is 11.5. The lowest BCUT2D eigenvalue weighted by atomic mass is 9.95. The summed E-state index contributed by atoms with van der Waals surface area (Å²) < 4.78 is 0. The molecular formula is C13H18O3. The van der Waals surface area contributed by atoms with Crippen LogP contribution in [-0.2, 0) is 6.42 Å². The molecule has 0 radical (unpaired) electrons. The van der Waals surface area contributed by atoms with Crippen molar-refractivity contribution in [3.05, 3.63) is 35.4 Å². The molecule has 1 aromatic rings. The van der Waals surface area contributed by atoms with Gasteiger partial charge in [0.25, 0.3) is 0 Å². The van der Waals surface area contributed by atoms with Gasteiger partial charge in [-0.2, -0.15) is 0 Å². The number of hydrogen-bond donors (Lipinski definition) is 2. The molecule has 0 atom stereocenters. The zero-order valence-electron chi connectivity index (χ0n) is 9.73. The standard InChI is InChI=1S/C13H18O3/c1-13(2,16)12(15)11-7-5-10(6-8-11)4-3-9-14/h5-8,14,16H,3-4,9H2,1-2H3. The first-order valence-corrected chi connectivity index (χ1v) is 5.42. The molecule has 16 heavy (non-hydrogen) atoms. The molecule has 2 N–H and O–H groups in total. The van der Waals surface area contributed by atoms with Gasteiger partial charge in [-0.1, -0.05) is 24.3 Å². The van der Waals surface area contributed by atoms with Crippen LogP contribution in [0.25, 0.3) is 0 Å². The number of carbonyl (C=O) groups excluding carboxylic acids is 1. The average molecular weight is 222 g/mol. The molecule has 3 heteroatoms. The van der Waals surface area contributed by atoms with Crippen molar-refractivity contribution in [2.75, 3.05) is 6.61 Å². The zero-order chi connectivity index (χ0) is 12.2. The highest BCUT2D eigenvalue weighted by atomic mass is 16.3. The third kappa shape index (κ3) is 3.43. The molecule has 0 aromatic heterocycles. The van der Waals surface area contributed by atoms with Crippen LogP contribution in [0.15, 0.2) is 24.3 Å². The van der Waals surface area contributed by atoms with Crippen LogP contribution in [0.4, 0.5) is 0 Å². The van der Waals surface area contributed by atoms with Crippen molar-refractivity contribution < 1.29 is 15.0 Å². The highest BCUT2D eigenvalue weighted by Crippen LogP contribution is 2.14. The van der Waals surface area contributed by atoms with Crippen LogP contribution in [0, 0.1) is 0 Å². The first-order chi connectivity index (χ1) is 7.45. The molecule has 0 spiro atoms. The third-order valence-corrected chi connectivity index (χ3v) is 2.40. The highest BCUT2D eigenvalue weighted by Gasteiger charge is 2.24. The average Bonchev–Trinajstić information content (AvgIpc) is 2.25. The number of benzene rings is 1. The number of hydrogen-bond acceptors (Lipinski definition) is 3. The number of aliphatic hydroxyl groups excluding tert-OH is 1. The summed E-state index contributed by atoms with van der Waals surface area (Å²) in [6.45, 7) is 3.13. The fraction of sp³-hybridized carbons (Fsp3) is 0.462. The first-order valence-electron chi connectivity index (χ1n) is 5.42. The molecule has 88 valence electrons. The van der Waals surface area contributed by atoms with Gasteiger partial charge in [0.1, 0.15) is 5.60 Å². The fourth-order valence-corrected chi connectivity index (χ4v) is 1.46. The second-order valence-electron chi connectivity index (χ2n) is 4.41. The molecule has 1 rings (SSSR count). The zero-order valence-corrected chi connectivity index (χ0v) is 9.73. The van der Waals surface area contributed by atoms with Gasteiger partial charge >= 0.3 is 0 Å². The van der Waals surface area contributed by atoms with Gasteiger partial charge in [0.05, 0.1) is 0 Å². The quantitative estimate of drug-likeness (QED) is 0.743. The summed E-state index contributed by atoms with van der Waals surface area (Å²) in [5, 5.41) is 18.3. The van der Waals surface area contributed by atoms with Crippen molar-refractivity contribution in [1.82, 2.24) is 0 Å². The van der Waals surface area contributed by atoms with Crippen LogP contribution in [0.3, 0.4) is 0 Å². The van der Waals surface area contributed by atoms with E-state index in [-0.39, 0.29) is 12.4 Å². The van der Waals surface area contributed by atoms with E-state index in [4.69, 9.17) is 5.11 Å². The molecular weight excluding hydrogens is 204 g/mol.